The molecule has 2 nitrogen and oxygen atoms in total. The van der Waals surface area contributed by atoms with E-state index in [0.29, 0.717) is 12.0 Å². The van der Waals surface area contributed by atoms with Crippen molar-refractivity contribution in [2.24, 2.45) is 5.92 Å². The Labute approximate surface area is 49.5 Å². The zero-order valence-corrected chi connectivity index (χ0v) is 5.13. The van der Waals surface area contributed by atoms with Gasteiger partial charge in [-0.1, -0.05) is 0 Å². The number of hydrogen-bond acceptors (Lipinski definition) is 2. The van der Waals surface area contributed by atoms with E-state index in [9.17, 15) is 0 Å². The molecule has 1 heterocycles. The average molecular weight is 116 g/mol. The Morgan fingerprint density at radius 3 is 2.75 bits per heavy atom. The maximum absolute atomic E-state index is 8.60. The summed E-state index contributed by atoms with van der Waals surface area (Å²) in [4.78, 5) is 0. The molecule has 0 amide bonds. The molecule has 0 bridgehead atoms. The van der Waals surface area contributed by atoms with Gasteiger partial charge in [0.2, 0.25) is 0 Å². The van der Waals surface area contributed by atoms with E-state index in [4.69, 9.17) is 9.84 Å². The molecule has 0 aromatic rings. The van der Waals surface area contributed by atoms with Crippen molar-refractivity contribution in [2.45, 2.75) is 19.4 Å². The zero-order valence-electron chi connectivity index (χ0n) is 5.13. The predicted octanol–water partition coefficient (Wildman–Crippen LogP) is 0.404. The van der Waals surface area contributed by atoms with Crippen LogP contribution in [0.3, 0.4) is 0 Å². The third kappa shape index (κ3) is 1.20. The van der Waals surface area contributed by atoms with Gasteiger partial charge >= 0.3 is 0 Å². The summed E-state index contributed by atoms with van der Waals surface area (Å²) in [5.74, 6) is 0.407. The largest absolute Gasteiger partial charge is 0.396 e. The molecule has 1 aliphatic heterocycles. The summed E-state index contributed by atoms with van der Waals surface area (Å²) in [5.41, 5.74) is 0. The molecule has 1 N–H and O–H groups in total. The van der Waals surface area contributed by atoms with Gasteiger partial charge in [-0.15, -0.1) is 0 Å². The fraction of sp³-hybridized carbons (Fsp3) is 1.00. The first-order valence-electron chi connectivity index (χ1n) is 3.05. The van der Waals surface area contributed by atoms with Crippen LogP contribution in [0.1, 0.15) is 13.3 Å². The third-order valence-electron chi connectivity index (χ3n) is 1.54. The summed E-state index contributed by atoms with van der Waals surface area (Å²) in [7, 11) is 0. The molecule has 0 aromatic carbocycles. The molecule has 48 valence electrons. The molecule has 0 unspecified atom stereocenters. The number of hydrogen-bond donors (Lipinski definition) is 1. The molecule has 0 radical (unpaired) electrons. The summed E-state index contributed by atoms with van der Waals surface area (Å²) in [6, 6.07) is 0. The lowest BCUT2D eigenvalue weighted by molar-refractivity contribution is 0.113. The Bertz CT molecular complexity index is 72.9. The summed E-state index contributed by atoms with van der Waals surface area (Å²) < 4.78 is 5.20. The van der Waals surface area contributed by atoms with E-state index in [1.54, 1.807) is 0 Å². The van der Waals surface area contributed by atoms with Crippen LogP contribution in [0.5, 0.6) is 0 Å². The first kappa shape index (κ1) is 6.05. The second-order valence-corrected chi connectivity index (χ2v) is 2.43. The van der Waals surface area contributed by atoms with Gasteiger partial charge in [0.1, 0.15) is 0 Å². The van der Waals surface area contributed by atoms with Gasteiger partial charge in [-0.2, -0.15) is 0 Å². The van der Waals surface area contributed by atoms with Crippen LogP contribution in [-0.4, -0.2) is 24.4 Å². The SMILES string of the molecule is C[C@H]1C[C@@H](CO)CO1. The number of aliphatic hydroxyl groups excluding tert-OH is 1. The highest BCUT2D eigenvalue weighted by molar-refractivity contribution is 4.68. The van der Waals surface area contributed by atoms with Gasteiger partial charge in [-0.25, -0.2) is 0 Å². The summed E-state index contributed by atoms with van der Waals surface area (Å²) in [6.45, 7) is 3.07. The zero-order chi connectivity index (χ0) is 5.98. The summed E-state index contributed by atoms with van der Waals surface area (Å²) in [5, 5.41) is 8.60. The van der Waals surface area contributed by atoms with Crippen LogP contribution < -0.4 is 0 Å². The van der Waals surface area contributed by atoms with Crippen LogP contribution in [-0.2, 0) is 4.74 Å². The lowest BCUT2D eigenvalue weighted by atomic mass is 10.1. The van der Waals surface area contributed by atoms with E-state index < -0.39 is 0 Å². The minimum absolute atomic E-state index is 0.282. The lowest BCUT2D eigenvalue weighted by Gasteiger charge is -1.98. The number of rotatable bonds is 1. The third-order valence-corrected chi connectivity index (χ3v) is 1.54. The maximum Gasteiger partial charge on any atom is 0.0551 e. The first-order chi connectivity index (χ1) is 3.83. The highest BCUT2D eigenvalue weighted by Gasteiger charge is 2.20. The van der Waals surface area contributed by atoms with Crippen molar-refractivity contribution in [1.29, 1.82) is 0 Å². The standard InChI is InChI=1S/C6H12O2/c1-5-2-6(3-7)4-8-5/h5-7H,2-4H2,1H3/t5-,6-/m0/s1. The van der Waals surface area contributed by atoms with Crippen molar-refractivity contribution >= 4 is 0 Å². The Balaban J connectivity index is 2.22. The molecule has 0 saturated carbocycles. The summed E-state index contributed by atoms with van der Waals surface area (Å²) in [6.07, 6.45) is 1.39. The normalized spacial score (nSPS) is 38.2. The molecule has 1 saturated heterocycles. The molecule has 2 atom stereocenters. The van der Waals surface area contributed by atoms with Gasteiger partial charge in [0, 0.05) is 12.5 Å². The Kier molecular flexibility index (Phi) is 1.86. The van der Waals surface area contributed by atoms with Gasteiger partial charge in [0.05, 0.1) is 12.7 Å². The molecule has 0 aromatic heterocycles. The monoisotopic (exact) mass is 116 g/mol. The van der Waals surface area contributed by atoms with E-state index in [1.165, 1.54) is 0 Å². The molecular formula is C6H12O2. The van der Waals surface area contributed by atoms with Crippen molar-refractivity contribution in [1.82, 2.24) is 0 Å². The maximum atomic E-state index is 8.60. The smallest absolute Gasteiger partial charge is 0.0551 e. The van der Waals surface area contributed by atoms with Crippen molar-refractivity contribution in [2.75, 3.05) is 13.2 Å². The van der Waals surface area contributed by atoms with E-state index in [0.717, 1.165) is 13.0 Å². The van der Waals surface area contributed by atoms with Crippen LogP contribution in [0.4, 0.5) is 0 Å². The molecule has 1 aliphatic rings. The van der Waals surface area contributed by atoms with E-state index in [1.807, 2.05) is 6.92 Å². The van der Waals surface area contributed by atoms with Crippen molar-refractivity contribution < 1.29 is 9.84 Å². The number of ether oxygens (including phenoxy) is 1. The molecule has 0 spiro atoms. The number of aliphatic hydroxyl groups is 1. The highest BCUT2D eigenvalue weighted by Crippen LogP contribution is 2.17. The Hall–Kier alpha value is -0.0800. The second-order valence-electron chi connectivity index (χ2n) is 2.43. The van der Waals surface area contributed by atoms with Gasteiger partial charge in [0.25, 0.3) is 0 Å². The quantitative estimate of drug-likeness (QED) is 0.537. The Morgan fingerprint density at radius 1 is 1.75 bits per heavy atom. The molecule has 1 rings (SSSR count). The van der Waals surface area contributed by atoms with E-state index in [-0.39, 0.29) is 6.61 Å². The molecule has 2 heteroatoms. The summed E-state index contributed by atoms with van der Waals surface area (Å²) >= 11 is 0. The van der Waals surface area contributed by atoms with Crippen LogP contribution in [0, 0.1) is 5.92 Å². The van der Waals surface area contributed by atoms with Crippen LogP contribution >= 0.6 is 0 Å². The molecular weight excluding hydrogens is 104 g/mol. The lowest BCUT2D eigenvalue weighted by Crippen LogP contribution is -2.03. The Morgan fingerprint density at radius 2 is 2.50 bits per heavy atom. The van der Waals surface area contributed by atoms with Gasteiger partial charge in [-0.3, -0.25) is 0 Å². The van der Waals surface area contributed by atoms with Crippen LogP contribution in [0.25, 0.3) is 0 Å². The van der Waals surface area contributed by atoms with Gasteiger partial charge in [0.15, 0.2) is 0 Å². The highest BCUT2D eigenvalue weighted by atomic mass is 16.5. The molecule has 1 fully saturated rings. The average Bonchev–Trinajstić information content (AvgIpc) is 2.14. The minimum Gasteiger partial charge on any atom is -0.396 e. The van der Waals surface area contributed by atoms with E-state index >= 15 is 0 Å². The fourth-order valence-corrected chi connectivity index (χ4v) is 1.03. The molecule has 0 aliphatic carbocycles. The van der Waals surface area contributed by atoms with Crippen LogP contribution in [0.15, 0.2) is 0 Å². The van der Waals surface area contributed by atoms with Gasteiger partial charge < -0.3 is 9.84 Å². The second kappa shape index (κ2) is 2.46. The van der Waals surface area contributed by atoms with E-state index in [2.05, 4.69) is 0 Å². The fourth-order valence-electron chi connectivity index (χ4n) is 1.03. The molecule has 8 heavy (non-hydrogen) atoms. The first-order valence-corrected chi connectivity index (χ1v) is 3.05. The van der Waals surface area contributed by atoms with Gasteiger partial charge in [-0.05, 0) is 13.3 Å². The van der Waals surface area contributed by atoms with Crippen molar-refractivity contribution in [3.8, 4) is 0 Å². The van der Waals surface area contributed by atoms with Crippen molar-refractivity contribution in [3.05, 3.63) is 0 Å². The van der Waals surface area contributed by atoms with Crippen LogP contribution in [0.2, 0.25) is 0 Å². The minimum atomic E-state index is 0.282. The van der Waals surface area contributed by atoms with Crippen molar-refractivity contribution in [3.63, 3.8) is 0 Å². The predicted molar refractivity (Wildman–Crippen MR) is 30.6 cm³/mol. The topological polar surface area (TPSA) is 29.5 Å².